The van der Waals surface area contributed by atoms with Crippen LogP contribution < -0.4 is 15.4 Å². The van der Waals surface area contributed by atoms with E-state index >= 15 is 0 Å². The molecule has 0 bridgehead atoms. The number of hydrogen-bond acceptors (Lipinski definition) is 5. The van der Waals surface area contributed by atoms with Gasteiger partial charge in [0.15, 0.2) is 0 Å². The van der Waals surface area contributed by atoms with Crippen molar-refractivity contribution in [3.8, 4) is 5.75 Å². The number of methoxy groups -OCH3 is 1. The number of carbonyl (C=O) groups excluding carboxylic acids is 2. The summed E-state index contributed by atoms with van der Waals surface area (Å²) in [4.78, 5) is 24.6. The Morgan fingerprint density at radius 3 is 2.26 bits per heavy atom. The highest BCUT2D eigenvalue weighted by molar-refractivity contribution is 7.89. The van der Waals surface area contributed by atoms with Crippen molar-refractivity contribution < 1.29 is 22.7 Å². The smallest absolute Gasteiger partial charge is 0.309 e. The van der Waals surface area contributed by atoms with E-state index < -0.39 is 21.8 Å². The molecule has 2 aromatic carbocycles. The van der Waals surface area contributed by atoms with E-state index in [2.05, 4.69) is 10.6 Å². The lowest BCUT2D eigenvalue weighted by Crippen LogP contribution is -2.46. The number of amides is 2. The van der Waals surface area contributed by atoms with Crippen LogP contribution in [-0.4, -0.2) is 57.3 Å². The number of nitrogens with zero attached hydrogens (tertiary/aromatic N) is 1. The molecule has 1 aliphatic rings. The third-order valence-corrected chi connectivity index (χ3v) is 7.99. The number of piperidine rings is 1. The van der Waals surface area contributed by atoms with E-state index in [-0.39, 0.29) is 17.5 Å². The number of aryl methyl sites for hydroxylation is 1. The fraction of sp³-hybridized carbons (Fsp3) is 0.440. The second kappa shape index (κ2) is 12.0. The number of ether oxygens (including phenoxy) is 1. The summed E-state index contributed by atoms with van der Waals surface area (Å²) in [6.45, 7) is 2.94. The van der Waals surface area contributed by atoms with Crippen LogP contribution in [0.1, 0.15) is 36.8 Å². The molecule has 0 saturated carbocycles. The topological polar surface area (TPSA) is 105 Å². The van der Waals surface area contributed by atoms with Crippen molar-refractivity contribution >= 4 is 21.8 Å². The molecule has 1 fully saturated rings. The van der Waals surface area contributed by atoms with Crippen LogP contribution in [0, 0.1) is 6.92 Å². The molecule has 3 rings (SSSR count). The first-order valence-electron chi connectivity index (χ1n) is 11.6. The zero-order chi connectivity index (χ0) is 24.6. The molecule has 1 heterocycles. The molecule has 2 N–H and O–H groups in total. The number of rotatable bonds is 9. The lowest BCUT2D eigenvalue weighted by Gasteiger charge is -2.34. The normalized spacial score (nSPS) is 16.6. The fourth-order valence-corrected chi connectivity index (χ4v) is 5.77. The SMILES string of the molecule is COc1ccc(CCNC(=O)C(=O)NCC[C@@H]2CCCCN2S(=O)(=O)c2ccc(C)cc2)cc1. The fourth-order valence-electron chi connectivity index (χ4n) is 4.05. The van der Waals surface area contributed by atoms with Gasteiger partial charge in [-0.25, -0.2) is 8.42 Å². The Morgan fingerprint density at radius 1 is 0.971 bits per heavy atom. The molecule has 1 aliphatic heterocycles. The molecular weight excluding hydrogens is 454 g/mol. The van der Waals surface area contributed by atoms with Crippen LogP contribution in [0.2, 0.25) is 0 Å². The molecule has 34 heavy (non-hydrogen) atoms. The number of hydrogen-bond donors (Lipinski definition) is 2. The summed E-state index contributed by atoms with van der Waals surface area (Å²) >= 11 is 0. The lowest BCUT2D eigenvalue weighted by molar-refractivity contribution is -0.139. The van der Waals surface area contributed by atoms with E-state index in [1.807, 2.05) is 31.2 Å². The Kier molecular flexibility index (Phi) is 9.06. The van der Waals surface area contributed by atoms with Gasteiger partial charge in [0.2, 0.25) is 10.0 Å². The van der Waals surface area contributed by atoms with E-state index in [4.69, 9.17) is 4.74 Å². The Morgan fingerprint density at radius 2 is 1.62 bits per heavy atom. The number of carbonyl (C=O) groups is 2. The number of sulfonamides is 1. The molecule has 8 nitrogen and oxygen atoms in total. The largest absolute Gasteiger partial charge is 0.497 e. The zero-order valence-corrected chi connectivity index (χ0v) is 20.6. The van der Waals surface area contributed by atoms with Gasteiger partial charge >= 0.3 is 11.8 Å². The first-order chi connectivity index (χ1) is 16.3. The lowest BCUT2D eigenvalue weighted by atomic mass is 10.0. The molecule has 2 aromatic rings. The van der Waals surface area contributed by atoms with Gasteiger partial charge in [0.25, 0.3) is 0 Å². The third-order valence-electron chi connectivity index (χ3n) is 6.03. The Bertz CT molecular complexity index is 1070. The molecule has 0 aliphatic carbocycles. The molecule has 184 valence electrons. The molecule has 0 radical (unpaired) electrons. The molecule has 9 heteroatoms. The Labute approximate surface area is 201 Å². The van der Waals surface area contributed by atoms with Crippen LogP contribution in [0.15, 0.2) is 53.4 Å². The van der Waals surface area contributed by atoms with Crippen LogP contribution in [0.5, 0.6) is 5.75 Å². The minimum atomic E-state index is -3.60. The summed E-state index contributed by atoms with van der Waals surface area (Å²) in [7, 11) is -2.00. The zero-order valence-electron chi connectivity index (χ0n) is 19.7. The van der Waals surface area contributed by atoms with Crippen LogP contribution in [0.4, 0.5) is 0 Å². The summed E-state index contributed by atoms with van der Waals surface area (Å²) in [5.74, 6) is -0.643. The highest BCUT2D eigenvalue weighted by Crippen LogP contribution is 2.27. The quantitative estimate of drug-likeness (QED) is 0.529. The summed E-state index contributed by atoms with van der Waals surface area (Å²) < 4.78 is 33.0. The Balaban J connectivity index is 1.46. The van der Waals surface area contributed by atoms with Crippen LogP contribution in [-0.2, 0) is 26.0 Å². The van der Waals surface area contributed by atoms with Crippen LogP contribution >= 0.6 is 0 Å². The van der Waals surface area contributed by atoms with E-state index in [9.17, 15) is 18.0 Å². The number of nitrogens with one attached hydrogen (secondary N) is 2. The number of benzene rings is 2. The minimum Gasteiger partial charge on any atom is -0.497 e. The Hall–Kier alpha value is -2.91. The van der Waals surface area contributed by atoms with E-state index in [1.165, 1.54) is 0 Å². The first kappa shape index (κ1) is 25.7. The molecule has 0 unspecified atom stereocenters. The molecule has 1 saturated heterocycles. The van der Waals surface area contributed by atoms with Crippen molar-refractivity contribution in [2.75, 3.05) is 26.7 Å². The highest BCUT2D eigenvalue weighted by Gasteiger charge is 2.33. The first-order valence-corrected chi connectivity index (χ1v) is 13.0. The molecular formula is C25H33N3O5S. The van der Waals surface area contributed by atoms with Gasteiger partial charge in [-0.1, -0.05) is 36.2 Å². The average Bonchev–Trinajstić information content (AvgIpc) is 2.85. The van der Waals surface area contributed by atoms with Gasteiger partial charge in [-0.3, -0.25) is 9.59 Å². The predicted octanol–water partition coefficient (Wildman–Crippen LogP) is 2.41. The molecule has 0 aromatic heterocycles. The molecule has 1 atom stereocenters. The highest BCUT2D eigenvalue weighted by atomic mass is 32.2. The van der Waals surface area contributed by atoms with Gasteiger partial charge in [0.1, 0.15) is 5.75 Å². The van der Waals surface area contributed by atoms with Crippen molar-refractivity contribution in [2.45, 2.75) is 50.0 Å². The van der Waals surface area contributed by atoms with Gasteiger partial charge in [0, 0.05) is 25.7 Å². The second-order valence-corrected chi connectivity index (χ2v) is 10.4. The van der Waals surface area contributed by atoms with Gasteiger partial charge in [0.05, 0.1) is 12.0 Å². The maximum Gasteiger partial charge on any atom is 0.309 e. The van der Waals surface area contributed by atoms with Crippen LogP contribution in [0.3, 0.4) is 0 Å². The van der Waals surface area contributed by atoms with Gasteiger partial charge in [-0.15, -0.1) is 0 Å². The van der Waals surface area contributed by atoms with Crippen LogP contribution in [0.25, 0.3) is 0 Å². The summed E-state index contributed by atoms with van der Waals surface area (Å²) in [5, 5.41) is 5.24. The standard InChI is InChI=1S/C25H33N3O5S/c1-19-6-12-23(13-7-19)34(31,32)28-18-4-3-5-21(28)15-17-27-25(30)24(29)26-16-14-20-8-10-22(33-2)11-9-20/h6-13,21H,3-5,14-18H2,1-2H3,(H,26,29)(H,27,30)/t21-/m0/s1. The minimum absolute atomic E-state index is 0.210. The van der Waals surface area contributed by atoms with Crippen molar-refractivity contribution in [3.63, 3.8) is 0 Å². The van der Waals surface area contributed by atoms with Crippen molar-refractivity contribution in [2.24, 2.45) is 0 Å². The van der Waals surface area contributed by atoms with E-state index in [1.54, 1.807) is 35.7 Å². The maximum atomic E-state index is 13.2. The summed E-state index contributed by atoms with van der Waals surface area (Å²) in [6, 6.07) is 14.1. The van der Waals surface area contributed by atoms with E-state index in [0.717, 1.165) is 36.1 Å². The average molecular weight is 488 g/mol. The predicted molar refractivity (Wildman–Crippen MR) is 130 cm³/mol. The van der Waals surface area contributed by atoms with Crippen molar-refractivity contribution in [1.82, 2.24) is 14.9 Å². The van der Waals surface area contributed by atoms with Gasteiger partial charge in [-0.05, 0) is 62.4 Å². The molecule has 2 amide bonds. The van der Waals surface area contributed by atoms with Crippen molar-refractivity contribution in [3.05, 3.63) is 59.7 Å². The second-order valence-electron chi connectivity index (χ2n) is 8.48. The third kappa shape index (κ3) is 6.80. The van der Waals surface area contributed by atoms with Crippen molar-refractivity contribution in [1.29, 1.82) is 0 Å². The maximum absolute atomic E-state index is 13.2. The monoisotopic (exact) mass is 487 g/mol. The van der Waals surface area contributed by atoms with Gasteiger partial charge in [-0.2, -0.15) is 4.31 Å². The molecule has 0 spiro atoms. The summed E-state index contributed by atoms with van der Waals surface area (Å²) in [6.07, 6.45) is 3.52. The summed E-state index contributed by atoms with van der Waals surface area (Å²) in [5.41, 5.74) is 2.02. The van der Waals surface area contributed by atoms with E-state index in [0.29, 0.717) is 25.9 Å². The van der Waals surface area contributed by atoms with Gasteiger partial charge < -0.3 is 15.4 Å².